The van der Waals surface area contributed by atoms with Crippen molar-refractivity contribution < 1.29 is 0 Å². The summed E-state index contributed by atoms with van der Waals surface area (Å²) in [6.45, 7) is 10.2. The molecule has 0 fully saturated rings. The highest BCUT2D eigenvalue weighted by Crippen LogP contribution is 2.52. The van der Waals surface area contributed by atoms with Crippen molar-refractivity contribution in [3.05, 3.63) is 193 Å². The molecular formula is C51H44N2. The Bertz CT molecular complexity index is 2340. The van der Waals surface area contributed by atoms with Gasteiger partial charge in [-0.05, 0) is 124 Å². The van der Waals surface area contributed by atoms with Crippen LogP contribution in [0.1, 0.15) is 49.8 Å². The highest BCUT2D eigenvalue weighted by molar-refractivity contribution is 5.88. The van der Waals surface area contributed by atoms with Gasteiger partial charge in [0.05, 0.1) is 0 Å². The van der Waals surface area contributed by atoms with Crippen LogP contribution in [-0.2, 0) is 5.41 Å². The van der Waals surface area contributed by atoms with Gasteiger partial charge in [0, 0.05) is 46.0 Å². The number of nitrogens with zero attached hydrogens (tertiary/aromatic N) is 2. The second kappa shape index (κ2) is 13.5. The highest BCUT2D eigenvalue weighted by atomic mass is 15.1. The van der Waals surface area contributed by atoms with Crippen LogP contribution < -0.4 is 9.80 Å². The number of allylic oxidation sites excluding steroid dienone is 1. The summed E-state index contributed by atoms with van der Waals surface area (Å²) >= 11 is 0. The number of hydrogen-bond acceptors (Lipinski definition) is 2. The molecule has 2 nitrogen and oxygen atoms in total. The Balaban J connectivity index is 1.11. The standard InChI is InChI=1S/C51H44N2/c1-36-14-12-13-33-52(50-20-11-10-19-45(36)50)43-29-31-46-47-32-30-44(35-49(47)51(2,3)48(46)34-43)53(41-25-21-39(22-26-41)37-15-6-4-7-16-37)42-27-23-40(24-28-42)38-17-8-5-9-18-38/h4-11,15-32,34-35H,1,12-14,33H2,2-3H3. The molecule has 1 aliphatic heterocycles. The first kappa shape index (κ1) is 32.8. The molecule has 0 saturated carbocycles. The molecule has 0 atom stereocenters. The Kier molecular flexibility index (Phi) is 8.32. The first-order valence-electron chi connectivity index (χ1n) is 18.9. The molecule has 2 aliphatic rings. The van der Waals surface area contributed by atoms with Crippen LogP contribution in [0.25, 0.3) is 39.0 Å². The van der Waals surface area contributed by atoms with Crippen molar-refractivity contribution >= 4 is 34.0 Å². The van der Waals surface area contributed by atoms with Crippen molar-refractivity contribution in [3.63, 3.8) is 0 Å². The third kappa shape index (κ3) is 5.95. The maximum absolute atomic E-state index is 4.46. The first-order chi connectivity index (χ1) is 26.0. The van der Waals surface area contributed by atoms with E-state index in [0.717, 1.165) is 42.9 Å². The van der Waals surface area contributed by atoms with E-state index in [0.29, 0.717) is 0 Å². The molecule has 0 saturated heterocycles. The monoisotopic (exact) mass is 684 g/mol. The minimum atomic E-state index is -0.178. The molecule has 0 spiro atoms. The van der Waals surface area contributed by atoms with E-state index in [4.69, 9.17) is 0 Å². The van der Waals surface area contributed by atoms with Crippen molar-refractivity contribution in [1.29, 1.82) is 0 Å². The summed E-state index contributed by atoms with van der Waals surface area (Å²) in [7, 11) is 0. The minimum Gasteiger partial charge on any atom is -0.341 e. The first-order valence-corrected chi connectivity index (χ1v) is 18.9. The number of fused-ring (bicyclic) bond motifs is 4. The smallest absolute Gasteiger partial charge is 0.0486 e. The lowest BCUT2D eigenvalue weighted by Gasteiger charge is -2.31. The normalized spacial score (nSPS) is 14.5. The zero-order valence-corrected chi connectivity index (χ0v) is 30.6. The van der Waals surface area contributed by atoms with Crippen LogP contribution in [0.5, 0.6) is 0 Å². The van der Waals surface area contributed by atoms with E-state index in [2.05, 4.69) is 200 Å². The van der Waals surface area contributed by atoms with Crippen LogP contribution in [0.3, 0.4) is 0 Å². The van der Waals surface area contributed by atoms with E-state index in [-0.39, 0.29) is 5.41 Å². The van der Waals surface area contributed by atoms with Crippen LogP contribution in [0.2, 0.25) is 0 Å². The maximum atomic E-state index is 4.46. The Morgan fingerprint density at radius 2 is 1.00 bits per heavy atom. The van der Waals surface area contributed by atoms with E-state index in [1.165, 1.54) is 67.0 Å². The summed E-state index contributed by atoms with van der Waals surface area (Å²) in [5.41, 5.74) is 18.5. The molecule has 258 valence electrons. The number of hydrogen-bond donors (Lipinski definition) is 0. The van der Waals surface area contributed by atoms with Gasteiger partial charge < -0.3 is 9.80 Å². The SMILES string of the molecule is C=C1CCCCN(c2ccc3c(c2)C(C)(C)c2cc(N(c4ccc(-c5ccccc5)cc4)c4ccc(-c5ccccc5)cc4)ccc2-3)c2ccccc21. The molecule has 0 N–H and O–H groups in total. The third-order valence-corrected chi connectivity index (χ3v) is 11.4. The summed E-state index contributed by atoms with van der Waals surface area (Å²) in [4.78, 5) is 4.92. The number of anilines is 5. The second-order valence-corrected chi connectivity index (χ2v) is 15.0. The van der Waals surface area contributed by atoms with Gasteiger partial charge in [0.15, 0.2) is 0 Å². The molecular weight excluding hydrogens is 641 g/mol. The average molecular weight is 685 g/mol. The Morgan fingerprint density at radius 3 is 1.62 bits per heavy atom. The van der Waals surface area contributed by atoms with Gasteiger partial charge in [-0.3, -0.25) is 0 Å². The fraction of sp³-hybridized carbons (Fsp3) is 0.137. The van der Waals surface area contributed by atoms with Gasteiger partial charge in [-0.15, -0.1) is 0 Å². The van der Waals surface area contributed by atoms with Crippen LogP contribution in [0.4, 0.5) is 28.4 Å². The topological polar surface area (TPSA) is 6.48 Å². The van der Waals surface area contributed by atoms with Gasteiger partial charge >= 0.3 is 0 Å². The summed E-state index contributed by atoms with van der Waals surface area (Å²) in [6.07, 6.45) is 3.37. The summed E-state index contributed by atoms with van der Waals surface area (Å²) < 4.78 is 0. The van der Waals surface area contributed by atoms with E-state index < -0.39 is 0 Å². The fourth-order valence-electron chi connectivity index (χ4n) is 8.47. The zero-order chi connectivity index (χ0) is 35.9. The molecule has 0 amide bonds. The minimum absolute atomic E-state index is 0.178. The van der Waals surface area contributed by atoms with Gasteiger partial charge in [0.1, 0.15) is 0 Å². The summed E-state index contributed by atoms with van der Waals surface area (Å²) in [5, 5.41) is 0. The third-order valence-electron chi connectivity index (χ3n) is 11.4. The highest BCUT2D eigenvalue weighted by Gasteiger charge is 2.37. The molecule has 0 radical (unpaired) electrons. The number of para-hydroxylation sites is 1. The van der Waals surface area contributed by atoms with Crippen molar-refractivity contribution in [2.45, 2.75) is 38.5 Å². The fourth-order valence-corrected chi connectivity index (χ4v) is 8.47. The Hall–Kier alpha value is -6.12. The lowest BCUT2D eigenvalue weighted by Crippen LogP contribution is -2.22. The molecule has 0 bridgehead atoms. The lowest BCUT2D eigenvalue weighted by atomic mass is 9.82. The molecule has 53 heavy (non-hydrogen) atoms. The van der Waals surface area contributed by atoms with Crippen molar-refractivity contribution in [1.82, 2.24) is 0 Å². The zero-order valence-electron chi connectivity index (χ0n) is 30.6. The Morgan fingerprint density at radius 1 is 0.491 bits per heavy atom. The molecule has 1 heterocycles. The van der Waals surface area contributed by atoms with Crippen molar-refractivity contribution in [3.8, 4) is 33.4 Å². The lowest BCUT2D eigenvalue weighted by molar-refractivity contribution is 0.659. The predicted octanol–water partition coefficient (Wildman–Crippen LogP) is 14.1. The molecule has 0 aromatic heterocycles. The molecule has 1 aliphatic carbocycles. The molecule has 7 aromatic rings. The van der Waals surface area contributed by atoms with Crippen molar-refractivity contribution in [2.24, 2.45) is 0 Å². The second-order valence-electron chi connectivity index (χ2n) is 15.0. The van der Waals surface area contributed by atoms with Crippen LogP contribution >= 0.6 is 0 Å². The van der Waals surface area contributed by atoms with Gasteiger partial charge in [-0.25, -0.2) is 0 Å². The molecule has 7 aromatic carbocycles. The molecule has 2 heteroatoms. The molecule has 0 unspecified atom stereocenters. The van der Waals surface area contributed by atoms with E-state index in [1.54, 1.807) is 0 Å². The van der Waals surface area contributed by atoms with Gasteiger partial charge in [0.25, 0.3) is 0 Å². The van der Waals surface area contributed by atoms with E-state index >= 15 is 0 Å². The maximum Gasteiger partial charge on any atom is 0.0486 e. The largest absolute Gasteiger partial charge is 0.341 e. The van der Waals surface area contributed by atoms with Crippen LogP contribution in [-0.4, -0.2) is 6.54 Å². The van der Waals surface area contributed by atoms with E-state index in [9.17, 15) is 0 Å². The van der Waals surface area contributed by atoms with Gasteiger partial charge in [-0.2, -0.15) is 0 Å². The van der Waals surface area contributed by atoms with Gasteiger partial charge in [-0.1, -0.05) is 136 Å². The van der Waals surface area contributed by atoms with E-state index in [1.807, 2.05) is 0 Å². The van der Waals surface area contributed by atoms with Crippen LogP contribution in [0, 0.1) is 0 Å². The predicted molar refractivity (Wildman–Crippen MR) is 226 cm³/mol. The average Bonchev–Trinajstić information content (AvgIpc) is 3.43. The van der Waals surface area contributed by atoms with Gasteiger partial charge in [0.2, 0.25) is 0 Å². The summed E-state index contributed by atoms with van der Waals surface area (Å²) in [5.74, 6) is 0. The Labute approximate surface area is 314 Å². The van der Waals surface area contributed by atoms with Crippen molar-refractivity contribution in [2.75, 3.05) is 16.3 Å². The quantitative estimate of drug-likeness (QED) is 0.172. The molecule has 9 rings (SSSR count). The number of rotatable bonds is 6. The number of benzene rings is 7. The van der Waals surface area contributed by atoms with Crippen LogP contribution in [0.15, 0.2) is 176 Å². The summed E-state index contributed by atoms with van der Waals surface area (Å²) in [6, 6.07) is 62.2.